The molecule has 0 saturated heterocycles. The molecule has 0 aromatic carbocycles. The first-order valence-corrected chi connectivity index (χ1v) is 6.91. The molecule has 7 heteroatoms. The van der Waals surface area contributed by atoms with Crippen molar-refractivity contribution in [2.45, 2.75) is 46.0 Å². The third kappa shape index (κ3) is 2.56. The van der Waals surface area contributed by atoms with Crippen molar-refractivity contribution in [3.63, 3.8) is 0 Å². The van der Waals surface area contributed by atoms with Gasteiger partial charge in [-0.15, -0.1) is 15.3 Å². The Balaban J connectivity index is 2.56. The van der Waals surface area contributed by atoms with Crippen molar-refractivity contribution in [2.24, 2.45) is 0 Å². The maximum Gasteiger partial charge on any atom is 0.234 e. The van der Waals surface area contributed by atoms with Crippen LogP contribution in [0.3, 0.4) is 0 Å². The maximum absolute atomic E-state index is 11.1. The molecule has 102 valence electrons. The largest absolute Gasteiger partial charge is 0.296 e. The van der Waals surface area contributed by atoms with E-state index in [0.29, 0.717) is 16.7 Å². The summed E-state index contributed by atoms with van der Waals surface area (Å²) >= 11 is 1.47. The van der Waals surface area contributed by atoms with Crippen molar-refractivity contribution in [1.82, 2.24) is 25.2 Å². The lowest BCUT2D eigenvalue weighted by atomic mass is 9.90. The Morgan fingerprint density at radius 2 is 1.89 bits per heavy atom. The number of aromatic nitrogens is 5. The number of hydrogen-bond donors (Lipinski definition) is 0. The molecule has 0 amide bonds. The van der Waals surface area contributed by atoms with Crippen LogP contribution in [0.2, 0.25) is 0 Å². The van der Waals surface area contributed by atoms with Crippen LogP contribution in [-0.4, -0.2) is 31.5 Å². The third-order valence-electron chi connectivity index (χ3n) is 2.62. The van der Waals surface area contributed by atoms with E-state index in [2.05, 4.69) is 34.4 Å². The second-order valence-corrected chi connectivity index (χ2v) is 6.67. The van der Waals surface area contributed by atoms with E-state index in [-0.39, 0.29) is 5.41 Å². The number of nitrogens with zero attached hydrogens (tertiary/aromatic N) is 5. The first-order chi connectivity index (χ1) is 8.84. The Morgan fingerprint density at radius 1 is 1.21 bits per heavy atom. The van der Waals surface area contributed by atoms with Crippen LogP contribution in [0.4, 0.5) is 0 Å². The minimum absolute atomic E-state index is 0.247. The molecule has 0 unspecified atom stereocenters. The average molecular weight is 279 g/mol. The first kappa shape index (κ1) is 13.8. The predicted molar refractivity (Wildman–Crippen MR) is 73.0 cm³/mol. The molecule has 2 heterocycles. The molecule has 0 spiro atoms. The monoisotopic (exact) mass is 279 g/mol. The summed E-state index contributed by atoms with van der Waals surface area (Å²) in [6, 6.07) is 0. The van der Waals surface area contributed by atoms with Crippen LogP contribution in [0.15, 0.2) is 0 Å². The number of rotatable bonds is 3. The fourth-order valence-corrected chi connectivity index (χ4v) is 2.55. The molecule has 0 bridgehead atoms. The number of aldehydes is 1. The average Bonchev–Trinajstić information content (AvgIpc) is 2.94. The van der Waals surface area contributed by atoms with Gasteiger partial charge in [0.15, 0.2) is 6.29 Å². The van der Waals surface area contributed by atoms with E-state index in [1.807, 2.05) is 20.8 Å². The fourth-order valence-electron chi connectivity index (χ4n) is 1.75. The Kier molecular flexibility index (Phi) is 3.49. The van der Waals surface area contributed by atoms with Crippen molar-refractivity contribution in [1.29, 1.82) is 0 Å². The lowest BCUT2D eigenvalue weighted by molar-refractivity contribution is 0.111. The van der Waals surface area contributed by atoms with Crippen molar-refractivity contribution >= 4 is 17.6 Å². The topological polar surface area (TPSA) is 73.6 Å². The standard InChI is InChI=1S/C12H17N5OS/c1-7(2)10-14-15-11(19-10)17-9(12(3,4)5)8(6-18)13-16-17/h6-7H,1-5H3. The van der Waals surface area contributed by atoms with Crippen LogP contribution >= 0.6 is 11.3 Å². The Morgan fingerprint density at radius 3 is 2.37 bits per heavy atom. The van der Waals surface area contributed by atoms with Gasteiger partial charge in [0.2, 0.25) is 5.13 Å². The zero-order valence-corrected chi connectivity index (χ0v) is 12.5. The van der Waals surface area contributed by atoms with Crippen LogP contribution in [0.1, 0.15) is 61.7 Å². The summed E-state index contributed by atoms with van der Waals surface area (Å²) in [5.41, 5.74) is 0.867. The van der Waals surface area contributed by atoms with E-state index in [1.54, 1.807) is 4.68 Å². The van der Waals surface area contributed by atoms with Crippen LogP contribution < -0.4 is 0 Å². The van der Waals surface area contributed by atoms with E-state index in [1.165, 1.54) is 11.3 Å². The molecular weight excluding hydrogens is 262 g/mol. The molecule has 0 radical (unpaired) electrons. The van der Waals surface area contributed by atoms with Gasteiger partial charge in [0.25, 0.3) is 0 Å². The summed E-state index contributed by atoms with van der Waals surface area (Å²) in [7, 11) is 0. The Bertz CT molecular complexity index is 594. The fraction of sp³-hybridized carbons (Fsp3) is 0.583. The lowest BCUT2D eigenvalue weighted by Gasteiger charge is -2.18. The van der Waals surface area contributed by atoms with Crippen LogP contribution in [0.25, 0.3) is 5.13 Å². The highest BCUT2D eigenvalue weighted by Gasteiger charge is 2.27. The molecule has 19 heavy (non-hydrogen) atoms. The van der Waals surface area contributed by atoms with E-state index in [0.717, 1.165) is 17.0 Å². The zero-order valence-electron chi connectivity index (χ0n) is 11.7. The molecule has 0 aliphatic carbocycles. The smallest absolute Gasteiger partial charge is 0.234 e. The second kappa shape index (κ2) is 4.80. The van der Waals surface area contributed by atoms with Gasteiger partial charge in [-0.1, -0.05) is 51.2 Å². The van der Waals surface area contributed by atoms with Gasteiger partial charge in [-0.3, -0.25) is 4.79 Å². The van der Waals surface area contributed by atoms with Crippen LogP contribution in [0, 0.1) is 0 Å². The summed E-state index contributed by atoms with van der Waals surface area (Å²) in [5.74, 6) is 0.318. The summed E-state index contributed by atoms with van der Waals surface area (Å²) in [5, 5.41) is 17.8. The Hall–Kier alpha value is -1.63. The molecule has 2 aromatic rings. The van der Waals surface area contributed by atoms with Crippen molar-refractivity contribution in [2.75, 3.05) is 0 Å². The molecule has 6 nitrogen and oxygen atoms in total. The molecule has 0 N–H and O–H groups in total. The molecule has 0 aliphatic heterocycles. The highest BCUT2D eigenvalue weighted by molar-refractivity contribution is 7.13. The van der Waals surface area contributed by atoms with Crippen LogP contribution in [0.5, 0.6) is 0 Å². The highest BCUT2D eigenvalue weighted by Crippen LogP contribution is 2.28. The predicted octanol–water partition coefficient (Wildman–Crippen LogP) is 2.35. The van der Waals surface area contributed by atoms with E-state index < -0.39 is 0 Å². The van der Waals surface area contributed by atoms with Gasteiger partial charge in [-0.05, 0) is 0 Å². The SMILES string of the molecule is CC(C)c1nnc(-n2nnc(C=O)c2C(C)(C)C)s1. The molecule has 0 aliphatic rings. The van der Waals surface area contributed by atoms with Gasteiger partial charge >= 0.3 is 0 Å². The van der Waals surface area contributed by atoms with Crippen molar-refractivity contribution in [3.8, 4) is 5.13 Å². The van der Waals surface area contributed by atoms with E-state index in [9.17, 15) is 4.79 Å². The van der Waals surface area contributed by atoms with E-state index >= 15 is 0 Å². The van der Waals surface area contributed by atoms with Gasteiger partial charge in [0.1, 0.15) is 10.7 Å². The summed E-state index contributed by atoms with van der Waals surface area (Å²) in [6.45, 7) is 10.2. The molecule has 2 rings (SSSR count). The minimum atomic E-state index is -0.247. The number of carbonyl (C=O) groups excluding carboxylic acids is 1. The normalized spacial score (nSPS) is 12.1. The van der Waals surface area contributed by atoms with Gasteiger partial charge in [0.05, 0.1) is 5.69 Å². The molecule has 0 atom stereocenters. The van der Waals surface area contributed by atoms with Gasteiger partial charge in [-0.25, -0.2) is 0 Å². The zero-order chi connectivity index (χ0) is 14.2. The molecule has 0 saturated carbocycles. The maximum atomic E-state index is 11.1. The van der Waals surface area contributed by atoms with Crippen LogP contribution in [-0.2, 0) is 5.41 Å². The quantitative estimate of drug-likeness (QED) is 0.806. The van der Waals surface area contributed by atoms with Crippen molar-refractivity contribution < 1.29 is 4.79 Å². The lowest BCUT2D eigenvalue weighted by Crippen LogP contribution is -2.19. The second-order valence-electron chi connectivity index (χ2n) is 5.68. The van der Waals surface area contributed by atoms with Gasteiger partial charge in [-0.2, -0.15) is 4.68 Å². The van der Waals surface area contributed by atoms with Gasteiger partial charge < -0.3 is 0 Å². The third-order valence-corrected chi connectivity index (χ3v) is 3.82. The molecule has 2 aromatic heterocycles. The van der Waals surface area contributed by atoms with Crippen molar-refractivity contribution in [3.05, 3.63) is 16.4 Å². The summed E-state index contributed by atoms with van der Waals surface area (Å²) < 4.78 is 1.62. The summed E-state index contributed by atoms with van der Waals surface area (Å²) in [6.07, 6.45) is 0.731. The Labute approximate surface area is 115 Å². The highest BCUT2D eigenvalue weighted by atomic mass is 32.1. The van der Waals surface area contributed by atoms with E-state index in [4.69, 9.17) is 0 Å². The van der Waals surface area contributed by atoms with Gasteiger partial charge in [0, 0.05) is 11.3 Å². The number of hydrogen-bond acceptors (Lipinski definition) is 6. The molecule has 0 fully saturated rings. The summed E-state index contributed by atoms with van der Waals surface area (Å²) in [4.78, 5) is 11.1. The number of carbonyl (C=O) groups is 1. The first-order valence-electron chi connectivity index (χ1n) is 6.09. The minimum Gasteiger partial charge on any atom is -0.296 e. The molecular formula is C12H17N5OS.